The summed E-state index contributed by atoms with van der Waals surface area (Å²) in [6.07, 6.45) is 7.63. The summed E-state index contributed by atoms with van der Waals surface area (Å²) in [4.78, 5) is 13.5. The Morgan fingerprint density at radius 3 is 2.95 bits per heavy atom. The predicted molar refractivity (Wildman–Crippen MR) is 75.6 cm³/mol. The zero-order valence-corrected chi connectivity index (χ0v) is 11.8. The Labute approximate surface area is 122 Å². The molecule has 7 heteroatoms. The molecule has 0 bridgehead atoms. The van der Waals surface area contributed by atoms with Crippen LogP contribution in [0.3, 0.4) is 0 Å². The van der Waals surface area contributed by atoms with Gasteiger partial charge in [0.1, 0.15) is 0 Å². The summed E-state index contributed by atoms with van der Waals surface area (Å²) in [5.41, 5.74) is 8.47. The Morgan fingerprint density at radius 2 is 2.19 bits per heavy atom. The summed E-state index contributed by atoms with van der Waals surface area (Å²) >= 11 is 0. The second-order valence-electron chi connectivity index (χ2n) is 5.86. The molecule has 1 fully saturated rings. The second-order valence-corrected chi connectivity index (χ2v) is 5.86. The van der Waals surface area contributed by atoms with Gasteiger partial charge >= 0.3 is 0 Å². The number of likely N-dealkylation sites (tertiary alicyclic amines) is 1. The van der Waals surface area contributed by atoms with E-state index in [1.807, 2.05) is 10.9 Å². The second kappa shape index (κ2) is 4.70. The van der Waals surface area contributed by atoms with E-state index in [0.717, 1.165) is 32.6 Å². The number of hydrogen-bond donors (Lipinski definition) is 1. The predicted octanol–water partition coefficient (Wildman–Crippen LogP) is 0.182. The number of fused-ring (bicyclic) bond motifs is 1. The minimum absolute atomic E-state index is 0.335. The molecule has 0 aromatic carbocycles. The molecular weight excluding hydrogens is 268 g/mol. The third-order valence-corrected chi connectivity index (χ3v) is 4.41. The molecule has 0 radical (unpaired) electrons. The van der Waals surface area contributed by atoms with E-state index in [0.29, 0.717) is 11.6 Å². The van der Waals surface area contributed by atoms with Crippen LogP contribution < -0.4 is 5.73 Å². The van der Waals surface area contributed by atoms with Crippen LogP contribution >= 0.6 is 0 Å². The molecule has 2 aromatic heterocycles. The number of rotatable bonds is 4. The van der Waals surface area contributed by atoms with Crippen molar-refractivity contribution in [2.75, 3.05) is 13.1 Å². The molecule has 1 amide bonds. The van der Waals surface area contributed by atoms with Crippen LogP contribution in [0.4, 0.5) is 0 Å². The molecule has 0 saturated carbocycles. The fraction of sp³-hybridized carbons (Fsp3) is 0.500. The van der Waals surface area contributed by atoms with Crippen LogP contribution in [0.5, 0.6) is 0 Å². The van der Waals surface area contributed by atoms with E-state index in [-0.39, 0.29) is 0 Å². The molecule has 7 nitrogen and oxygen atoms in total. The maximum atomic E-state index is 11.1. The van der Waals surface area contributed by atoms with Crippen molar-refractivity contribution in [3.05, 3.63) is 35.4 Å². The highest BCUT2D eigenvalue weighted by Crippen LogP contribution is 2.26. The summed E-state index contributed by atoms with van der Waals surface area (Å²) in [6.45, 7) is 3.91. The summed E-state index contributed by atoms with van der Waals surface area (Å²) < 4.78 is 3.97. The molecule has 2 N–H and O–H groups in total. The van der Waals surface area contributed by atoms with Gasteiger partial charge in [-0.25, -0.2) is 0 Å². The lowest BCUT2D eigenvalue weighted by Gasteiger charge is -2.39. The first-order valence-corrected chi connectivity index (χ1v) is 7.30. The van der Waals surface area contributed by atoms with Crippen molar-refractivity contribution < 1.29 is 4.79 Å². The Kier molecular flexibility index (Phi) is 2.81. The molecule has 2 aromatic rings. The maximum absolute atomic E-state index is 11.1. The van der Waals surface area contributed by atoms with Crippen molar-refractivity contribution >= 4 is 5.91 Å². The Hall–Kier alpha value is -2.15. The number of hydrogen-bond acceptors (Lipinski definition) is 4. The number of aryl methyl sites for hydroxylation is 1. The van der Waals surface area contributed by atoms with Crippen molar-refractivity contribution in [3.8, 4) is 0 Å². The quantitative estimate of drug-likeness (QED) is 0.869. The van der Waals surface area contributed by atoms with E-state index >= 15 is 0 Å². The lowest BCUT2D eigenvalue weighted by molar-refractivity contribution is 0.0903. The number of amides is 1. The van der Waals surface area contributed by atoms with E-state index in [9.17, 15) is 4.79 Å². The fourth-order valence-electron chi connectivity index (χ4n) is 3.20. The van der Waals surface area contributed by atoms with Gasteiger partial charge in [-0.15, -0.1) is 0 Å². The first kappa shape index (κ1) is 12.6. The van der Waals surface area contributed by atoms with Gasteiger partial charge in [0.25, 0.3) is 5.91 Å². The van der Waals surface area contributed by atoms with E-state index in [1.54, 1.807) is 6.20 Å². The van der Waals surface area contributed by atoms with Crippen LogP contribution in [0.2, 0.25) is 0 Å². The normalized spacial score (nSPS) is 18.7. The molecule has 2 aliphatic rings. The summed E-state index contributed by atoms with van der Waals surface area (Å²) in [6, 6.07) is 0.335. The van der Waals surface area contributed by atoms with Crippen molar-refractivity contribution in [2.45, 2.75) is 32.0 Å². The number of carbonyl (C=O) groups excluding carboxylic acids is 1. The van der Waals surface area contributed by atoms with Gasteiger partial charge in [0, 0.05) is 43.6 Å². The first-order valence-electron chi connectivity index (χ1n) is 7.30. The van der Waals surface area contributed by atoms with Gasteiger partial charge in [0.15, 0.2) is 0 Å². The number of primary amides is 1. The highest BCUT2D eigenvalue weighted by molar-refractivity contribution is 5.92. The van der Waals surface area contributed by atoms with Crippen molar-refractivity contribution in [1.29, 1.82) is 0 Å². The van der Waals surface area contributed by atoms with E-state index < -0.39 is 5.91 Å². The SMILES string of the molecule is NC(=O)c1cnn(C2CN(Cc3cnn4c3CCC4)C2)c1. The fourth-order valence-corrected chi connectivity index (χ4v) is 3.20. The average Bonchev–Trinajstić information content (AvgIpc) is 3.10. The molecule has 0 aliphatic carbocycles. The summed E-state index contributed by atoms with van der Waals surface area (Å²) in [5, 5.41) is 8.65. The molecule has 0 spiro atoms. The van der Waals surface area contributed by atoms with Crippen molar-refractivity contribution in [1.82, 2.24) is 24.5 Å². The largest absolute Gasteiger partial charge is 0.366 e. The van der Waals surface area contributed by atoms with Gasteiger partial charge in [0.2, 0.25) is 0 Å². The van der Waals surface area contributed by atoms with Gasteiger partial charge in [-0.1, -0.05) is 0 Å². The number of carbonyl (C=O) groups is 1. The minimum Gasteiger partial charge on any atom is -0.366 e. The molecule has 4 rings (SSSR count). The smallest absolute Gasteiger partial charge is 0.251 e. The third-order valence-electron chi connectivity index (χ3n) is 4.41. The topological polar surface area (TPSA) is 82.0 Å². The zero-order valence-electron chi connectivity index (χ0n) is 11.8. The van der Waals surface area contributed by atoms with Crippen LogP contribution in [-0.4, -0.2) is 43.5 Å². The van der Waals surface area contributed by atoms with Gasteiger partial charge in [-0.05, 0) is 12.8 Å². The molecule has 4 heterocycles. The summed E-state index contributed by atoms with van der Waals surface area (Å²) in [5.74, 6) is -0.423. The lowest BCUT2D eigenvalue weighted by atomic mass is 10.1. The molecule has 0 atom stereocenters. The Balaban J connectivity index is 1.37. The van der Waals surface area contributed by atoms with Crippen LogP contribution in [0.1, 0.15) is 34.1 Å². The van der Waals surface area contributed by atoms with E-state index in [4.69, 9.17) is 5.73 Å². The molecular formula is C14H18N6O. The highest BCUT2D eigenvalue weighted by Gasteiger charge is 2.30. The Morgan fingerprint density at radius 1 is 1.33 bits per heavy atom. The van der Waals surface area contributed by atoms with Crippen molar-refractivity contribution in [2.24, 2.45) is 5.73 Å². The lowest BCUT2D eigenvalue weighted by Crippen LogP contribution is -2.47. The van der Waals surface area contributed by atoms with Gasteiger partial charge in [0.05, 0.1) is 24.0 Å². The minimum atomic E-state index is -0.423. The molecule has 110 valence electrons. The third kappa shape index (κ3) is 2.13. The van der Waals surface area contributed by atoms with Gasteiger partial charge in [-0.2, -0.15) is 10.2 Å². The standard InChI is InChI=1S/C14H18N6O/c15-14(21)11-5-17-20(7-11)12-8-18(9-12)6-10-4-16-19-3-1-2-13(10)19/h4-5,7,12H,1-3,6,8-9H2,(H2,15,21). The molecule has 21 heavy (non-hydrogen) atoms. The first-order chi connectivity index (χ1) is 10.2. The van der Waals surface area contributed by atoms with E-state index in [2.05, 4.69) is 19.8 Å². The number of nitrogens with zero attached hydrogens (tertiary/aromatic N) is 5. The highest BCUT2D eigenvalue weighted by atomic mass is 16.1. The van der Waals surface area contributed by atoms with Crippen molar-refractivity contribution in [3.63, 3.8) is 0 Å². The molecule has 1 saturated heterocycles. The average molecular weight is 286 g/mol. The van der Waals surface area contributed by atoms with Gasteiger partial charge < -0.3 is 5.73 Å². The van der Waals surface area contributed by atoms with E-state index in [1.165, 1.54) is 23.9 Å². The van der Waals surface area contributed by atoms with Crippen LogP contribution in [0, 0.1) is 0 Å². The number of aromatic nitrogens is 4. The Bertz CT molecular complexity index is 681. The monoisotopic (exact) mass is 286 g/mol. The van der Waals surface area contributed by atoms with Crippen LogP contribution in [0.25, 0.3) is 0 Å². The molecule has 0 unspecified atom stereocenters. The van der Waals surface area contributed by atoms with Crippen LogP contribution in [-0.2, 0) is 19.5 Å². The van der Waals surface area contributed by atoms with Crippen LogP contribution in [0.15, 0.2) is 18.6 Å². The van der Waals surface area contributed by atoms with Gasteiger partial charge in [-0.3, -0.25) is 19.1 Å². The maximum Gasteiger partial charge on any atom is 0.251 e. The zero-order chi connectivity index (χ0) is 14.4. The molecule has 2 aliphatic heterocycles. The number of nitrogens with two attached hydrogens (primary N) is 1. The summed E-state index contributed by atoms with van der Waals surface area (Å²) in [7, 11) is 0.